The van der Waals surface area contributed by atoms with Gasteiger partial charge in [0.15, 0.2) is 3.77 Å². The number of hydrogen-bond donors (Lipinski definition) is 3. The number of nitrogens with zero attached hydrogens (tertiary/aromatic N) is 1. The number of hydrogen-bond acceptors (Lipinski definition) is 5. The fourth-order valence-electron chi connectivity index (χ4n) is 1.40. The van der Waals surface area contributed by atoms with Crippen LogP contribution in [0.4, 0.5) is 11.4 Å². The fourth-order valence-corrected chi connectivity index (χ4v) is 2.56. The average molecular weight is 485 g/mol. The SMILES string of the molecule is CC(/C(N)=C\Cc1c(N)cc(N=O)cc1I)=C(/O)I. The summed E-state index contributed by atoms with van der Waals surface area (Å²) in [7, 11) is 0. The zero-order valence-corrected chi connectivity index (χ0v) is 14.5. The molecular formula is C12H13I2N3O2. The van der Waals surface area contributed by atoms with E-state index in [9.17, 15) is 10.0 Å². The Morgan fingerprint density at radius 1 is 1.53 bits per heavy atom. The van der Waals surface area contributed by atoms with Crippen molar-refractivity contribution in [3.63, 3.8) is 0 Å². The molecule has 0 aliphatic rings. The fraction of sp³-hybridized carbons (Fsp3) is 0.167. The van der Waals surface area contributed by atoms with E-state index in [2.05, 4.69) is 27.8 Å². The molecule has 0 fully saturated rings. The summed E-state index contributed by atoms with van der Waals surface area (Å²) < 4.78 is 1.02. The molecule has 0 aromatic heterocycles. The Labute approximate surface area is 138 Å². The van der Waals surface area contributed by atoms with E-state index in [0.717, 1.165) is 9.13 Å². The molecule has 1 aromatic rings. The molecule has 0 heterocycles. The number of allylic oxidation sites excluding steroid dienone is 2. The first-order chi connectivity index (χ1) is 8.86. The van der Waals surface area contributed by atoms with Crippen LogP contribution in [0.2, 0.25) is 0 Å². The highest BCUT2D eigenvalue weighted by Gasteiger charge is 2.07. The Kier molecular flexibility index (Phi) is 6.04. The van der Waals surface area contributed by atoms with Crippen LogP contribution in [0.3, 0.4) is 0 Å². The molecule has 0 saturated heterocycles. The van der Waals surface area contributed by atoms with Gasteiger partial charge in [0.2, 0.25) is 0 Å². The summed E-state index contributed by atoms with van der Waals surface area (Å²) in [4.78, 5) is 10.5. The predicted octanol–water partition coefficient (Wildman–Crippen LogP) is 3.88. The zero-order valence-electron chi connectivity index (χ0n) is 10.2. The van der Waals surface area contributed by atoms with Crippen molar-refractivity contribution in [2.75, 3.05) is 5.73 Å². The quantitative estimate of drug-likeness (QED) is 0.198. The molecule has 5 N–H and O–H groups in total. The Bertz CT molecular complexity index is 541. The van der Waals surface area contributed by atoms with Gasteiger partial charge in [0, 0.05) is 20.5 Å². The van der Waals surface area contributed by atoms with E-state index in [-0.39, 0.29) is 3.77 Å². The summed E-state index contributed by atoms with van der Waals surface area (Å²) in [6, 6.07) is 3.20. The second kappa shape index (κ2) is 7.08. The highest BCUT2D eigenvalue weighted by atomic mass is 127. The molecule has 0 spiro atoms. The molecular weight excluding hydrogens is 472 g/mol. The molecule has 0 aliphatic heterocycles. The number of aliphatic hydroxyl groups excluding tert-OH is 1. The maximum atomic E-state index is 10.5. The summed E-state index contributed by atoms with van der Waals surface area (Å²) in [6.07, 6.45) is 2.31. The van der Waals surface area contributed by atoms with Crippen molar-refractivity contribution in [3.8, 4) is 0 Å². The lowest BCUT2D eigenvalue weighted by molar-refractivity contribution is 0.460. The van der Waals surface area contributed by atoms with Gasteiger partial charge in [-0.25, -0.2) is 0 Å². The minimum absolute atomic E-state index is 0.162. The minimum atomic E-state index is 0.162. The Hall–Kier alpha value is -0.840. The van der Waals surface area contributed by atoms with Gasteiger partial charge in [-0.15, -0.1) is 4.91 Å². The Balaban J connectivity index is 3.05. The molecule has 0 bridgehead atoms. The van der Waals surface area contributed by atoms with Crippen LogP contribution in [0.15, 0.2) is 38.4 Å². The molecule has 0 radical (unpaired) electrons. The number of rotatable bonds is 4. The van der Waals surface area contributed by atoms with Crippen molar-refractivity contribution in [3.05, 3.63) is 47.3 Å². The van der Waals surface area contributed by atoms with Crippen LogP contribution >= 0.6 is 45.2 Å². The van der Waals surface area contributed by atoms with Crippen molar-refractivity contribution < 1.29 is 5.11 Å². The number of halogens is 2. The van der Waals surface area contributed by atoms with E-state index in [0.29, 0.717) is 29.1 Å². The van der Waals surface area contributed by atoms with E-state index in [1.807, 2.05) is 0 Å². The predicted molar refractivity (Wildman–Crippen MR) is 94.3 cm³/mol. The summed E-state index contributed by atoms with van der Waals surface area (Å²) in [5.74, 6) is 0. The molecule has 0 unspecified atom stereocenters. The number of aliphatic hydroxyl groups is 1. The lowest BCUT2D eigenvalue weighted by Gasteiger charge is -2.08. The number of benzene rings is 1. The van der Waals surface area contributed by atoms with Crippen LogP contribution in [0.5, 0.6) is 0 Å². The lowest BCUT2D eigenvalue weighted by Crippen LogP contribution is -2.03. The number of nitroso groups, excluding NO2 is 1. The van der Waals surface area contributed by atoms with Gasteiger partial charge in [-0.3, -0.25) is 0 Å². The number of nitrogen functional groups attached to an aromatic ring is 1. The highest BCUT2D eigenvalue weighted by Crippen LogP contribution is 2.27. The summed E-state index contributed by atoms with van der Waals surface area (Å²) >= 11 is 3.90. The smallest absolute Gasteiger partial charge is 0.158 e. The standard InChI is InChI=1S/C12H13I2N3O2/c1-6(12(14)18)10(15)3-2-8-9(13)4-7(17-19)5-11(8)16/h3-5,18H,2,15-16H2,1H3/b10-3+,12-6-. The Morgan fingerprint density at radius 2 is 2.16 bits per heavy atom. The largest absolute Gasteiger partial charge is 0.502 e. The van der Waals surface area contributed by atoms with Crippen LogP contribution < -0.4 is 11.5 Å². The van der Waals surface area contributed by atoms with Crippen LogP contribution in [0.25, 0.3) is 0 Å². The van der Waals surface area contributed by atoms with E-state index in [4.69, 9.17) is 11.5 Å². The third-order valence-corrected chi connectivity index (χ3v) is 4.36. The van der Waals surface area contributed by atoms with Crippen molar-refractivity contribution in [2.24, 2.45) is 10.9 Å². The number of anilines is 1. The molecule has 7 heteroatoms. The van der Waals surface area contributed by atoms with E-state index in [1.165, 1.54) is 6.07 Å². The molecule has 19 heavy (non-hydrogen) atoms. The summed E-state index contributed by atoms with van der Waals surface area (Å²) in [5, 5.41) is 12.2. The molecule has 0 amide bonds. The summed E-state index contributed by atoms with van der Waals surface area (Å²) in [6.45, 7) is 1.74. The molecule has 1 rings (SSSR count). The number of nitrogens with two attached hydrogens (primary N) is 2. The molecule has 0 aliphatic carbocycles. The van der Waals surface area contributed by atoms with Crippen molar-refractivity contribution >= 4 is 56.6 Å². The van der Waals surface area contributed by atoms with Gasteiger partial charge in [-0.1, -0.05) is 6.08 Å². The van der Waals surface area contributed by atoms with Gasteiger partial charge in [0.1, 0.15) is 5.69 Å². The first kappa shape index (κ1) is 16.2. The van der Waals surface area contributed by atoms with E-state index < -0.39 is 0 Å². The molecule has 102 valence electrons. The molecule has 0 atom stereocenters. The topological polar surface area (TPSA) is 102 Å². The maximum Gasteiger partial charge on any atom is 0.158 e. The van der Waals surface area contributed by atoms with Gasteiger partial charge in [0.05, 0.1) is 0 Å². The Morgan fingerprint density at radius 3 is 2.63 bits per heavy atom. The van der Waals surface area contributed by atoms with Crippen LogP contribution in [0.1, 0.15) is 12.5 Å². The van der Waals surface area contributed by atoms with Crippen LogP contribution in [0, 0.1) is 8.48 Å². The maximum absolute atomic E-state index is 10.5. The van der Waals surface area contributed by atoms with Crippen molar-refractivity contribution in [1.82, 2.24) is 0 Å². The molecule has 1 aromatic carbocycles. The van der Waals surface area contributed by atoms with Crippen molar-refractivity contribution in [2.45, 2.75) is 13.3 Å². The second-order valence-electron chi connectivity index (χ2n) is 3.87. The van der Waals surface area contributed by atoms with Crippen molar-refractivity contribution in [1.29, 1.82) is 0 Å². The lowest BCUT2D eigenvalue weighted by atomic mass is 10.1. The first-order valence-electron chi connectivity index (χ1n) is 5.29. The normalized spacial score (nSPS) is 13.1. The average Bonchev–Trinajstić information content (AvgIpc) is 2.35. The van der Waals surface area contributed by atoms with Crippen LogP contribution in [-0.4, -0.2) is 5.11 Å². The van der Waals surface area contributed by atoms with Gasteiger partial charge < -0.3 is 16.6 Å². The molecule has 0 saturated carbocycles. The summed E-state index contributed by atoms with van der Waals surface area (Å²) in [5.41, 5.74) is 14.6. The molecule has 5 nitrogen and oxygen atoms in total. The van der Waals surface area contributed by atoms with Gasteiger partial charge in [-0.2, -0.15) is 0 Å². The first-order valence-corrected chi connectivity index (χ1v) is 7.45. The third-order valence-electron chi connectivity index (χ3n) is 2.59. The third kappa shape index (κ3) is 4.34. The minimum Gasteiger partial charge on any atom is -0.502 e. The van der Waals surface area contributed by atoms with Gasteiger partial charge in [0.25, 0.3) is 0 Å². The monoisotopic (exact) mass is 485 g/mol. The van der Waals surface area contributed by atoms with Gasteiger partial charge >= 0.3 is 0 Å². The zero-order chi connectivity index (χ0) is 14.6. The highest BCUT2D eigenvalue weighted by molar-refractivity contribution is 14.1. The second-order valence-corrected chi connectivity index (χ2v) is 6.05. The van der Waals surface area contributed by atoms with Crippen LogP contribution in [-0.2, 0) is 6.42 Å². The van der Waals surface area contributed by atoms with E-state index in [1.54, 1.807) is 41.7 Å². The van der Waals surface area contributed by atoms with E-state index >= 15 is 0 Å². The van der Waals surface area contributed by atoms with Gasteiger partial charge in [-0.05, 0) is 81.4 Å².